The molecule has 0 amide bonds. The third kappa shape index (κ3) is 5.75. The molecule has 141 valence electrons. The van der Waals surface area contributed by atoms with Crippen LogP contribution < -0.4 is 0 Å². The van der Waals surface area contributed by atoms with E-state index < -0.39 is 0 Å². The predicted octanol–water partition coefficient (Wildman–Crippen LogP) is 6.45. The van der Waals surface area contributed by atoms with Crippen molar-refractivity contribution >= 4 is 46.4 Å². The molecule has 1 heterocycles. The molecule has 0 aliphatic carbocycles. The first kappa shape index (κ1) is 21.8. The molecule has 0 fully saturated rings. The normalized spacial score (nSPS) is 11.8. The van der Waals surface area contributed by atoms with Gasteiger partial charge in [0.05, 0.1) is 19.5 Å². The second-order valence-electron chi connectivity index (χ2n) is 5.46. The van der Waals surface area contributed by atoms with Gasteiger partial charge in [-0.1, -0.05) is 58.5 Å². The van der Waals surface area contributed by atoms with Crippen LogP contribution in [0, 0.1) is 0 Å². The van der Waals surface area contributed by atoms with Crippen LogP contribution in [0.25, 0.3) is 0 Å². The van der Waals surface area contributed by atoms with Crippen LogP contribution in [-0.4, -0.2) is 9.55 Å². The van der Waals surface area contributed by atoms with Crippen molar-refractivity contribution < 1.29 is 27.1 Å². The number of rotatable bonds is 6. The largest absolute Gasteiger partial charge is 0.367 e. The second kappa shape index (κ2) is 10.2. The molecule has 1 radical (unpaired) electrons. The van der Waals surface area contributed by atoms with Gasteiger partial charge in [0.15, 0.2) is 0 Å². The predicted molar refractivity (Wildman–Crippen MR) is 103 cm³/mol. The van der Waals surface area contributed by atoms with E-state index in [1.54, 1.807) is 36.8 Å². The van der Waals surface area contributed by atoms with E-state index in [1.807, 2.05) is 22.9 Å². The molecule has 3 nitrogen and oxygen atoms in total. The summed E-state index contributed by atoms with van der Waals surface area (Å²) in [6.07, 6.45) is 5.03. The fourth-order valence-corrected chi connectivity index (χ4v) is 3.41. The zero-order valence-electron chi connectivity index (χ0n) is 13.3. The van der Waals surface area contributed by atoms with Crippen LogP contribution in [-0.2, 0) is 40.3 Å². The summed E-state index contributed by atoms with van der Waals surface area (Å²) in [7, 11) is 0. The second-order valence-corrected chi connectivity index (χ2v) is 7.15. The molecule has 1 atom stereocenters. The van der Waals surface area contributed by atoms with Crippen molar-refractivity contribution in [3.63, 3.8) is 0 Å². The van der Waals surface area contributed by atoms with Gasteiger partial charge in [-0.25, -0.2) is 4.98 Å². The van der Waals surface area contributed by atoms with Gasteiger partial charge in [0.2, 0.25) is 0 Å². The maximum Gasteiger partial charge on any atom is 0.102 e. The average molecular weight is 524 g/mol. The van der Waals surface area contributed by atoms with Gasteiger partial charge in [0.1, 0.15) is 6.10 Å². The summed E-state index contributed by atoms with van der Waals surface area (Å²) < 4.78 is 8.05. The number of benzene rings is 2. The Morgan fingerprint density at radius 2 is 1.65 bits per heavy atom. The van der Waals surface area contributed by atoms with E-state index in [1.165, 1.54) is 0 Å². The van der Waals surface area contributed by atoms with E-state index in [-0.39, 0.29) is 28.5 Å². The van der Waals surface area contributed by atoms with Crippen molar-refractivity contribution in [3.05, 3.63) is 86.3 Å². The summed E-state index contributed by atoms with van der Waals surface area (Å²) in [5.41, 5.74) is 1.71. The fraction of sp³-hybridized carbons (Fsp3) is 0.167. The molecule has 3 aromatic rings. The van der Waals surface area contributed by atoms with Gasteiger partial charge in [0, 0.05) is 60.4 Å². The van der Waals surface area contributed by atoms with Crippen LogP contribution in [0.1, 0.15) is 17.2 Å². The molecule has 8 heteroatoms. The Kier molecular flexibility index (Phi) is 8.52. The van der Waals surface area contributed by atoms with Crippen molar-refractivity contribution in [3.8, 4) is 0 Å². The average Bonchev–Trinajstić information content (AvgIpc) is 3.06. The maximum atomic E-state index is 6.37. The number of aromatic nitrogens is 2. The molecule has 0 aliphatic heterocycles. The Morgan fingerprint density at radius 1 is 0.962 bits per heavy atom. The van der Waals surface area contributed by atoms with Crippen LogP contribution in [0.5, 0.6) is 0 Å². The zero-order chi connectivity index (χ0) is 17.8. The molecule has 0 aliphatic rings. The summed E-state index contributed by atoms with van der Waals surface area (Å²) in [5, 5.41) is 2.29. The molecule has 2 aromatic carbocycles. The number of ether oxygens (including phenoxy) is 1. The molecule has 0 saturated carbocycles. The molecular formula is C18H14AgCl4N2O. The van der Waals surface area contributed by atoms with E-state index in [9.17, 15) is 0 Å². The van der Waals surface area contributed by atoms with Gasteiger partial charge in [-0.2, -0.15) is 0 Å². The van der Waals surface area contributed by atoms with Gasteiger partial charge >= 0.3 is 0 Å². The molecule has 3 rings (SSSR count). The maximum absolute atomic E-state index is 6.37. The number of hydrogen-bond donors (Lipinski definition) is 0. The van der Waals surface area contributed by atoms with E-state index in [4.69, 9.17) is 51.1 Å². The first-order valence-corrected chi connectivity index (χ1v) is 9.00. The minimum atomic E-state index is -0.286. The van der Waals surface area contributed by atoms with Crippen molar-refractivity contribution in [2.45, 2.75) is 19.3 Å². The Balaban J connectivity index is 0.00000243. The number of hydrogen-bond acceptors (Lipinski definition) is 2. The quantitative estimate of drug-likeness (QED) is 0.347. The standard InChI is InChI=1S/C18H14Cl4N2O.Ag/c19-13-2-1-12(16(21)7-13)10-25-18(9-24-6-5-23-11-24)15-4-3-14(20)8-17(15)22;/h1-8,11,18H,9-10H2;. The zero-order valence-corrected chi connectivity index (χ0v) is 17.8. The number of nitrogens with zero attached hydrogens (tertiary/aromatic N) is 2. The van der Waals surface area contributed by atoms with Crippen LogP contribution in [0.4, 0.5) is 0 Å². The summed E-state index contributed by atoms with van der Waals surface area (Å²) in [6, 6.07) is 10.7. The van der Waals surface area contributed by atoms with Crippen molar-refractivity contribution in [2.24, 2.45) is 0 Å². The van der Waals surface area contributed by atoms with Crippen LogP contribution in [0.2, 0.25) is 20.1 Å². The summed E-state index contributed by atoms with van der Waals surface area (Å²) in [4.78, 5) is 4.07. The van der Waals surface area contributed by atoms with Gasteiger partial charge in [-0.05, 0) is 29.8 Å². The molecule has 0 saturated heterocycles. The van der Waals surface area contributed by atoms with Crippen molar-refractivity contribution in [1.82, 2.24) is 9.55 Å². The molecule has 1 aromatic heterocycles. The molecule has 0 N–H and O–H groups in total. The first-order chi connectivity index (χ1) is 12.0. The molecule has 26 heavy (non-hydrogen) atoms. The minimum absolute atomic E-state index is 0. The van der Waals surface area contributed by atoms with Gasteiger partial charge in [-0.15, -0.1) is 0 Å². The van der Waals surface area contributed by atoms with Gasteiger partial charge in [-0.3, -0.25) is 0 Å². The summed E-state index contributed by atoms with van der Waals surface area (Å²) in [6.45, 7) is 0.890. The van der Waals surface area contributed by atoms with Crippen LogP contribution in [0.3, 0.4) is 0 Å². The van der Waals surface area contributed by atoms with E-state index in [0.29, 0.717) is 33.2 Å². The molecule has 0 spiro atoms. The summed E-state index contributed by atoms with van der Waals surface area (Å²) >= 11 is 24.5. The third-order valence-electron chi connectivity index (χ3n) is 3.70. The number of imidazole rings is 1. The Labute approximate surface area is 187 Å². The topological polar surface area (TPSA) is 27.1 Å². The van der Waals surface area contributed by atoms with Crippen molar-refractivity contribution in [1.29, 1.82) is 0 Å². The van der Waals surface area contributed by atoms with Crippen LogP contribution >= 0.6 is 46.4 Å². The monoisotopic (exact) mass is 521 g/mol. The van der Waals surface area contributed by atoms with Crippen molar-refractivity contribution in [2.75, 3.05) is 0 Å². The summed E-state index contributed by atoms with van der Waals surface area (Å²) in [5.74, 6) is 0. The fourth-order valence-electron chi connectivity index (χ4n) is 2.42. The molecular weight excluding hydrogens is 510 g/mol. The number of halogens is 4. The SMILES string of the molecule is Clc1ccc(COC(Cn2ccnc2)c2ccc(Cl)cc2Cl)c(Cl)c1.[Ag]. The first-order valence-electron chi connectivity index (χ1n) is 7.49. The Hall–Kier alpha value is -0.490. The van der Waals surface area contributed by atoms with Gasteiger partial charge < -0.3 is 9.30 Å². The third-order valence-corrected chi connectivity index (χ3v) is 4.85. The minimum Gasteiger partial charge on any atom is -0.367 e. The van der Waals surface area contributed by atoms with Gasteiger partial charge in [0.25, 0.3) is 0 Å². The Bertz CT molecular complexity index is 858. The van der Waals surface area contributed by atoms with E-state index in [0.717, 1.165) is 11.1 Å². The van der Waals surface area contributed by atoms with E-state index in [2.05, 4.69) is 4.98 Å². The van der Waals surface area contributed by atoms with E-state index >= 15 is 0 Å². The Morgan fingerprint density at radius 3 is 2.27 bits per heavy atom. The van der Waals surface area contributed by atoms with Crippen LogP contribution in [0.15, 0.2) is 55.1 Å². The smallest absolute Gasteiger partial charge is 0.102 e. The molecule has 1 unspecified atom stereocenters. The molecule has 0 bridgehead atoms.